The number of rotatable bonds is 6. The van der Waals surface area contributed by atoms with E-state index in [0.717, 1.165) is 18.5 Å². The van der Waals surface area contributed by atoms with E-state index in [1.807, 2.05) is 6.07 Å². The minimum absolute atomic E-state index is 0.100. The summed E-state index contributed by atoms with van der Waals surface area (Å²) < 4.78 is 0. The number of nitrogens with zero attached hydrogens (tertiary/aromatic N) is 2. The molecule has 2 saturated carbocycles. The van der Waals surface area contributed by atoms with Gasteiger partial charge < -0.3 is 5.32 Å². The van der Waals surface area contributed by atoms with E-state index in [4.69, 9.17) is 0 Å². The SMILES string of the molecule is CN(Cc1ccccc1CNC(=O)C1(C#N)CCC1)C1CCCCC1. The van der Waals surface area contributed by atoms with E-state index >= 15 is 0 Å². The Hall–Kier alpha value is -1.86. The second-order valence-electron chi connectivity index (χ2n) is 7.71. The molecule has 2 aliphatic rings. The Morgan fingerprint density at radius 3 is 2.48 bits per heavy atom. The highest BCUT2D eigenvalue weighted by Gasteiger charge is 2.44. The smallest absolute Gasteiger partial charge is 0.240 e. The van der Waals surface area contributed by atoms with Crippen molar-refractivity contribution in [3.05, 3.63) is 35.4 Å². The quantitative estimate of drug-likeness (QED) is 0.858. The maximum atomic E-state index is 12.4. The van der Waals surface area contributed by atoms with Crippen LogP contribution in [0.2, 0.25) is 0 Å². The molecule has 0 aliphatic heterocycles. The van der Waals surface area contributed by atoms with Crippen LogP contribution in [0.15, 0.2) is 24.3 Å². The zero-order valence-electron chi connectivity index (χ0n) is 15.3. The van der Waals surface area contributed by atoms with Gasteiger partial charge in [-0.25, -0.2) is 0 Å². The summed E-state index contributed by atoms with van der Waals surface area (Å²) in [4.78, 5) is 14.8. The van der Waals surface area contributed by atoms with Crippen molar-refractivity contribution in [1.82, 2.24) is 10.2 Å². The molecule has 4 heteroatoms. The highest BCUT2D eigenvalue weighted by molar-refractivity contribution is 5.86. The molecule has 0 atom stereocenters. The first-order valence-corrected chi connectivity index (χ1v) is 9.61. The van der Waals surface area contributed by atoms with Gasteiger partial charge in [0.25, 0.3) is 0 Å². The molecule has 1 amide bonds. The normalized spacial score (nSPS) is 19.9. The molecular weight excluding hydrogens is 310 g/mol. The van der Waals surface area contributed by atoms with Crippen molar-refractivity contribution in [3.63, 3.8) is 0 Å². The van der Waals surface area contributed by atoms with Crippen molar-refractivity contribution in [3.8, 4) is 6.07 Å². The summed E-state index contributed by atoms with van der Waals surface area (Å²) in [6.45, 7) is 1.43. The van der Waals surface area contributed by atoms with Gasteiger partial charge in [-0.3, -0.25) is 9.69 Å². The van der Waals surface area contributed by atoms with Gasteiger partial charge in [0.05, 0.1) is 6.07 Å². The van der Waals surface area contributed by atoms with Crippen LogP contribution in [0.3, 0.4) is 0 Å². The molecule has 3 rings (SSSR count). The summed E-state index contributed by atoms with van der Waals surface area (Å²) in [5.74, 6) is -0.100. The second-order valence-corrected chi connectivity index (χ2v) is 7.71. The molecular formula is C21H29N3O. The molecule has 4 nitrogen and oxygen atoms in total. The number of nitrogens with one attached hydrogen (secondary N) is 1. The molecule has 1 aromatic carbocycles. The Labute approximate surface area is 151 Å². The van der Waals surface area contributed by atoms with Gasteiger partial charge in [-0.1, -0.05) is 43.5 Å². The number of hydrogen-bond donors (Lipinski definition) is 1. The topological polar surface area (TPSA) is 56.1 Å². The van der Waals surface area contributed by atoms with E-state index in [1.165, 1.54) is 37.7 Å². The number of carbonyl (C=O) groups excluding carboxylic acids is 1. The van der Waals surface area contributed by atoms with Crippen LogP contribution in [0.5, 0.6) is 0 Å². The van der Waals surface area contributed by atoms with Crippen molar-refractivity contribution >= 4 is 5.91 Å². The lowest BCUT2D eigenvalue weighted by Gasteiger charge is -2.33. The monoisotopic (exact) mass is 339 g/mol. The molecule has 0 saturated heterocycles. The number of hydrogen-bond acceptors (Lipinski definition) is 3. The van der Waals surface area contributed by atoms with Gasteiger partial charge >= 0.3 is 0 Å². The van der Waals surface area contributed by atoms with Gasteiger partial charge in [0.15, 0.2) is 0 Å². The maximum absolute atomic E-state index is 12.4. The fourth-order valence-corrected chi connectivity index (χ4v) is 4.07. The molecule has 0 radical (unpaired) electrons. The van der Waals surface area contributed by atoms with Crippen LogP contribution in [0.25, 0.3) is 0 Å². The third-order valence-corrected chi connectivity index (χ3v) is 6.03. The van der Waals surface area contributed by atoms with Gasteiger partial charge in [0, 0.05) is 19.1 Å². The van der Waals surface area contributed by atoms with Crippen molar-refractivity contribution in [1.29, 1.82) is 5.26 Å². The van der Waals surface area contributed by atoms with Gasteiger partial charge in [0.2, 0.25) is 5.91 Å². The highest BCUT2D eigenvalue weighted by atomic mass is 16.2. The largest absolute Gasteiger partial charge is 0.351 e. The predicted molar refractivity (Wildman–Crippen MR) is 98.5 cm³/mol. The van der Waals surface area contributed by atoms with Crippen molar-refractivity contribution in [2.75, 3.05) is 7.05 Å². The molecule has 2 fully saturated rings. The summed E-state index contributed by atoms with van der Waals surface area (Å²) >= 11 is 0. The first-order chi connectivity index (χ1) is 12.1. The minimum atomic E-state index is -0.770. The first-order valence-electron chi connectivity index (χ1n) is 9.61. The lowest BCUT2D eigenvalue weighted by molar-refractivity contribution is -0.131. The van der Waals surface area contributed by atoms with Crippen LogP contribution in [-0.2, 0) is 17.9 Å². The Bertz CT molecular complexity index is 639. The minimum Gasteiger partial charge on any atom is -0.351 e. The Balaban J connectivity index is 1.60. The molecule has 0 aromatic heterocycles. The zero-order chi connectivity index (χ0) is 17.7. The molecule has 0 spiro atoms. The van der Waals surface area contributed by atoms with E-state index in [9.17, 15) is 10.1 Å². The average molecular weight is 339 g/mol. The Kier molecular flexibility index (Phi) is 5.75. The Morgan fingerprint density at radius 1 is 1.20 bits per heavy atom. The molecule has 1 aromatic rings. The average Bonchev–Trinajstić information content (AvgIpc) is 2.61. The first kappa shape index (κ1) is 17.9. The lowest BCUT2D eigenvalue weighted by atomic mass is 9.69. The fraction of sp³-hybridized carbons (Fsp3) is 0.619. The summed E-state index contributed by atoms with van der Waals surface area (Å²) in [6, 6.07) is 11.2. The lowest BCUT2D eigenvalue weighted by Crippen LogP contribution is -2.44. The van der Waals surface area contributed by atoms with E-state index in [-0.39, 0.29) is 5.91 Å². The molecule has 0 heterocycles. The van der Waals surface area contributed by atoms with Gasteiger partial charge in [-0.2, -0.15) is 5.26 Å². The van der Waals surface area contributed by atoms with Gasteiger partial charge in [-0.05, 0) is 50.3 Å². The number of amides is 1. The van der Waals surface area contributed by atoms with Crippen LogP contribution in [0.4, 0.5) is 0 Å². The van der Waals surface area contributed by atoms with Crippen LogP contribution < -0.4 is 5.32 Å². The summed E-state index contributed by atoms with van der Waals surface area (Å²) in [7, 11) is 2.21. The van der Waals surface area contributed by atoms with E-state index in [0.29, 0.717) is 25.4 Å². The van der Waals surface area contributed by atoms with Crippen molar-refractivity contribution < 1.29 is 4.79 Å². The third-order valence-electron chi connectivity index (χ3n) is 6.03. The van der Waals surface area contributed by atoms with E-state index in [1.54, 1.807) is 0 Å². The zero-order valence-corrected chi connectivity index (χ0v) is 15.3. The van der Waals surface area contributed by atoms with Crippen molar-refractivity contribution in [2.24, 2.45) is 5.41 Å². The molecule has 134 valence electrons. The maximum Gasteiger partial charge on any atom is 0.240 e. The number of nitriles is 1. The molecule has 0 bridgehead atoms. The van der Waals surface area contributed by atoms with Crippen LogP contribution in [0, 0.1) is 16.7 Å². The summed E-state index contributed by atoms with van der Waals surface area (Å²) in [6.07, 6.45) is 8.99. The highest BCUT2D eigenvalue weighted by Crippen LogP contribution is 2.40. The molecule has 25 heavy (non-hydrogen) atoms. The van der Waals surface area contributed by atoms with E-state index < -0.39 is 5.41 Å². The number of benzene rings is 1. The summed E-state index contributed by atoms with van der Waals surface area (Å²) in [5, 5.41) is 12.3. The third kappa shape index (κ3) is 4.04. The van der Waals surface area contributed by atoms with Crippen LogP contribution >= 0.6 is 0 Å². The number of carbonyl (C=O) groups is 1. The second kappa shape index (κ2) is 8.01. The fourth-order valence-electron chi connectivity index (χ4n) is 4.07. The van der Waals surface area contributed by atoms with Gasteiger partial charge in [-0.15, -0.1) is 0 Å². The molecule has 1 N–H and O–H groups in total. The van der Waals surface area contributed by atoms with Gasteiger partial charge in [0.1, 0.15) is 5.41 Å². The standard InChI is InChI=1S/C21H29N3O/c1-24(19-10-3-2-4-11-19)15-18-9-6-5-8-17(18)14-23-20(25)21(16-22)12-7-13-21/h5-6,8-9,19H,2-4,7,10-15H2,1H3,(H,23,25). The van der Waals surface area contributed by atoms with E-state index in [2.05, 4.69) is 41.5 Å². The van der Waals surface area contributed by atoms with Crippen LogP contribution in [0.1, 0.15) is 62.5 Å². The molecule has 0 unspecified atom stereocenters. The molecule has 2 aliphatic carbocycles. The summed E-state index contributed by atoms with van der Waals surface area (Å²) in [5.41, 5.74) is 1.66. The van der Waals surface area contributed by atoms with Crippen molar-refractivity contribution in [2.45, 2.75) is 70.5 Å². The van der Waals surface area contributed by atoms with Crippen LogP contribution in [-0.4, -0.2) is 23.9 Å². The Morgan fingerprint density at radius 2 is 1.88 bits per heavy atom. The predicted octanol–water partition coefficient (Wildman–Crippen LogP) is 3.76.